The van der Waals surface area contributed by atoms with Gasteiger partial charge in [-0.2, -0.15) is 17.9 Å². The summed E-state index contributed by atoms with van der Waals surface area (Å²) in [6, 6.07) is 22.8. The predicted octanol–water partition coefficient (Wildman–Crippen LogP) is 4.24. The van der Waals surface area contributed by atoms with Crippen LogP contribution in [0.1, 0.15) is 23.6 Å². The average molecular weight is 423 g/mol. The van der Waals surface area contributed by atoms with E-state index in [0.29, 0.717) is 23.6 Å². The summed E-state index contributed by atoms with van der Waals surface area (Å²) >= 11 is 0. The van der Waals surface area contributed by atoms with E-state index < -0.39 is 16.1 Å². The van der Waals surface area contributed by atoms with Gasteiger partial charge in [-0.1, -0.05) is 42.5 Å². The van der Waals surface area contributed by atoms with Gasteiger partial charge in [0.2, 0.25) is 0 Å². The third-order valence-corrected chi connectivity index (χ3v) is 6.74. The van der Waals surface area contributed by atoms with Crippen LogP contribution in [0.2, 0.25) is 0 Å². The van der Waals surface area contributed by atoms with E-state index in [9.17, 15) is 8.42 Å². The molecule has 6 nitrogen and oxygen atoms in total. The molecule has 0 saturated carbocycles. The van der Waals surface area contributed by atoms with Crippen LogP contribution in [-0.2, 0) is 10.0 Å². The van der Waals surface area contributed by atoms with Crippen molar-refractivity contribution in [3.8, 4) is 11.5 Å². The van der Waals surface area contributed by atoms with Gasteiger partial charge in [0.1, 0.15) is 11.5 Å². The Morgan fingerprint density at radius 1 is 0.867 bits per heavy atom. The van der Waals surface area contributed by atoms with E-state index in [1.54, 1.807) is 44.6 Å². The van der Waals surface area contributed by atoms with E-state index in [2.05, 4.69) is 5.10 Å². The van der Waals surface area contributed by atoms with E-state index in [1.807, 2.05) is 48.5 Å². The summed E-state index contributed by atoms with van der Waals surface area (Å²) in [5.41, 5.74) is 2.32. The third kappa shape index (κ3) is 3.76. The summed E-state index contributed by atoms with van der Waals surface area (Å²) in [5, 5.41) is 4.56. The number of sulfonamides is 1. The first-order chi connectivity index (χ1) is 14.5. The molecule has 4 rings (SSSR count). The van der Waals surface area contributed by atoms with Crippen molar-refractivity contribution in [1.82, 2.24) is 4.41 Å². The lowest BCUT2D eigenvalue weighted by Gasteiger charge is -2.23. The minimum atomic E-state index is -3.84. The molecule has 7 heteroatoms. The fourth-order valence-corrected chi connectivity index (χ4v) is 4.94. The van der Waals surface area contributed by atoms with Crippen LogP contribution in [0.25, 0.3) is 0 Å². The lowest BCUT2D eigenvalue weighted by Crippen LogP contribution is -2.27. The van der Waals surface area contributed by atoms with Gasteiger partial charge in [-0.25, -0.2) is 0 Å². The molecule has 1 aliphatic rings. The molecular weight excluding hydrogens is 400 g/mol. The minimum absolute atomic E-state index is 0.202. The Morgan fingerprint density at radius 2 is 1.53 bits per heavy atom. The first kappa shape index (κ1) is 20.0. The Bertz CT molecular complexity index is 1180. The molecule has 0 radical (unpaired) electrons. The number of nitrogens with zero attached hydrogens (tertiary/aromatic N) is 2. The van der Waals surface area contributed by atoms with Crippen molar-refractivity contribution in [2.24, 2.45) is 5.10 Å². The van der Waals surface area contributed by atoms with Crippen LogP contribution in [0, 0.1) is 0 Å². The third-order valence-electron chi connectivity index (χ3n) is 5.04. The molecule has 1 aliphatic heterocycles. The minimum Gasteiger partial charge on any atom is -0.497 e. The normalized spacial score (nSPS) is 16.3. The quantitative estimate of drug-likeness (QED) is 0.596. The molecule has 0 amide bonds. The maximum Gasteiger partial charge on any atom is 0.279 e. The van der Waals surface area contributed by atoms with Gasteiger partial charge in [0.25, 0.3) is 10.0 Å². The maximum absolute atomic E-state index is 13.4. The van der Waals surface area contributed by atoms with Crippen molar-refractivity contribution >= 4 is 15.7 Å². The molecule has 0 bridgehead atoms. The highest BCUT2D eigenvalue weighted by Gasteiger charge is 2.37. The molecule has 3 aromatic rings. The average Bonchev–Trinajstić information content (AvgIpc) is 3.26. The van der Waals surface area contributed by atoms with E-state index in [4.69, 9.17) is 9.47 Å². The second-order valence-electron chi connectivity index (χ2n) is 6.87. The molecular formula is C23H22N2O4S. The zero-order valence-electron chi connectivity index (χ0n) is 16.7. The monoisotopic (exact) mass is 422 g/mol. The summed E-state index contributed by atoms with van der Waals surface area (Å²) in [6.45, 7) is 0. The lowest BCUT2D eigenvalue weighted by molar-refractivity contribution is 0.368. The predicted molar refractivity (Wildman–Crippen MR) is 115 cm³/mol. The maximum atomic E-state index is 13.4. The first-order valence-electron chi connectivity index (χ1n) is 9.48. The van der Waals surface area contributed by atoms with Gasteiger partial charge in [0.15, 0.2) is 0 Å². The van der Waals surface area contributed by atoms with Crippen molar-refractivity contribution in [2.75, 3.05) is 14.2 Å². The molecule has 0 aliphatic carbocycles. The van der Waals surface area contributed by atoms with Gasteiger partial charge in [-0.3, -0.25) is 0 Å². The topological polar surface area (TPSA) is 68.2 Å². The van der Waals surface area contributed by atoms with Gasteiger partial charge in [0.05, 0.1) is 30.9 Å². The Kier molecular flexibility index (Phi) is 5.46. The Labute approximate surface area is 176 Å². The van der Waals surface area contributed by atoms with Crippen molar-refractivity contribution in [1.29, 1.82) is 0 Å². The Balaban J connectivity index is 1.81. The summed E-state index contributed by atoms with van der Waals surface area (Å²) in [4.78, 5) is 0.202. The molecule has 0 saturated heterocycles. The molecule has 3 aromatic carbocycles. The molecule has 0 spiro atoms. The van der Waals surface area contributed by atoms with E-state index in [0.717, 1.165) is 11.1 Å². The van der Waals surface area contributed by atoms with Crippen LogP contribution in [0.3, 0.4) is 0 Å². The van der Waals surface area contributed by atoms with Gasteiger partial charge >= 0.3 is 0 Å². The molecule has 1 unspecified atom stereocenters. The number of hydrogen-bond donors (Lipinski definition) is 0. The van der Waals surface area contributed by atoms with E-state index >= 15 is 0 Å². The van der Waals surface area contributed by atoms with Crippen LogP contribution in [0.15, 0.2) is 88.9 Å². The molecule has 1 atom stereocenters. The summed E-state index contributed by atoms with van der Waals surface area (Å²) < 4.78 is 38.7. The number of rotatable bonds is 6. The highest BCUT2D eigenvalue weighted by atomic mass is 32.2. The van der Waals surface area contributed by atoms with Crippen LogP contribution >= 0.6 is 0 Å². The standard InChI is InChI=1S/C23H22N2O4S/c1-28-19-10-6-8-17(14-19)22-16-23(18-9-7-11-20(15-18)29-2)25(24-22)30(26,27)21-12-4-3-5-13-21/h3-15,23H,16H2,1-2H3. The van der Waals surface area contributed by atoms with Crippen LogP contribution in [-0.4, -0.2) is 32.8 Å². The number of benzene rings is 3. The first-order valence-corrected chi connectivity index (χ1v) is 10.9. The number of hydrazone groups is 1. The molecule has 0 aromatic heterocycles. The zero-order valence-corrected chi connectivity index (χ0v) is 17.5. The second-order valence-corrected chi connectivity index (χ2v) is 8.66. The lowest BCUT2D eigenvalue weighted by atomic mass is 9.99. The van der Waals surface area contributed by atoms with Gasteiger partial charge in [-0.05, 0) is 42.0 Å². The van der Waals surface area contributed by atoms with Crippen LogP contribution in [0.4, 0.5) is 0 Å². The van der Waals surface area contributed by atoms with Gasteiger partial charge in [-0.15, -0.1) is 0 Å². The molecule has 1 heterocycles. The smallest absolute Gasteiger partial charge is 0.279 e. The molecule has 0 fully saturated rings. The second kappa shape index (κ2) is 8.20. The van der Waals surface area contributed by atoms with Crippen molar-refractivity contribution in [3.63, 3.8) is 0 Å². The summed E-state index contributed by atoms with van der Waals surface area (Å²) in [6.07, 6.45) is 0.437. The van der Waals surface area contributed by atoms with Gasteiger partial charge < -0.3 is 9.47 Å². The number of methoxy groups -OCH3 is 2. The molecule has 154 valence electrons. The van der Waals surface area contributed by atoms with Crippen LogP contribution < -0.4 is 9.47 Å². The number of ether oxygens (including phenoxy) is 2. The highest BCUT2D eigenvalue weighted by molar-refractivity contribution is 7.89. The SMILES string of the molecule is COc1cccc(C2=NN(S(=O)(=O)c3ccccc3)C(c3cccc(OC)c3)C2)c1. The van der Waals surface area contributed by atoms with E-state index in [1.165, 1.54) is 4.41 Å². The fraction of sp³-hybridized carbons (Fsp3) is 0.174. The van der Waals surface area contributed by atoms with E-state index in [-0.39, 0.29) is 4.90 Å². The van der Waals surface area contributed by atoms with Crippen LogP contribution in [0.5, 0.6) is 11.5 Å². The van der Waals surface area contributed by atoms with Crippen molar-refractivity contribution in [3.05, 3.63) is 90.0 Å². The Morgan fingerprint density at radius 3 is 2.23 bits per heavy atom. The Hall–Kier alpha value is -3.32. The summed E-state index contributed by atoms with van der Waals surface area (Å²) in [5.74, 6) is 1.36. The van der Waals surface area contributed by atoms with Crippen molar-refractivity contribution < 1.29 is 17.9 Å². The van der Waals surface area contributed by atoms with Crippen molar-refractivity contribution in [2.45, 2.75) is 17.4 Å². The van der Waals surface area contributed by atoms with Gasteiger partial charge in [0, 0.05) is 12.0 Å². The zero-order chi connectivity index (χ0) is 21.1. The fourth-order valence-electron chi connectivity index (χ4n) is 3.48. The molecule has 30 heavy (non-hydrogen) atoms. The summed E-state index contributed by atoms with van der Waals surface area (Å²) in [7, 11) is -0.653. The largest absolute Gasteiger partial charge is 0.497 e. The number of hydrogen-bond acceptors (Lipinski definition) is 5. The highest BCUT2D eigenvalue weighted by Crippen LogP contribution is 2.38. The molecule has 0 N–H and O–H groups in total.